The van der Waals surface area contributed by atoms with Gasteiger partial charge in [-0.1, -0.05) is 23.7 Å². The minimum atomic E-state index is -0.156. The van der Waals surface area contributed by atoms with E-state index in [1.165, 1.54) is 0 Å². The van der Waals surface area contributed by atoms with E-state index >= 15 is 0 Å². The molecule has 0 aromatic heterocycles. The van der Waals surface area contributed by atoms with Crippen LogP contribution in [0.2, 0.25) is 5.02 Å². The van der Waals surface area contributed by atoms with E-state index in [0.29, 0.717) is 18.0 Å². The Morgan fingerprint density at radius 2 is 1.91 bits per heavy atom. The number of benzene rings is 1. The van der Waals surface area contributed by atoms with Crippen molar-refractivity contribution in [1.29, 1.82) is 0 Å². The van der Waals surface area contributed by atoms with Crippen molar-refractivity contribution in [2.24, 2.45) is 5.92 Å². The molecule has 22 heavy (non-hydrogen) atoms. The van der Waals surface area contributed by atoms with Crippen molar-refractivity contribution in [1.82, 2.24) is 9.80 Å². The Morgan fingerprint density at radius 3 is 2.59 bits per heavy atom. The fraction of sp³-hybridized carbons (Fsp3) is 0.529. The molecule has 0 N–H and O–H groups in total. The molecule has 2 aliphatic rings. The number of rotatable bonds is 2. The van der Waals surface area contributed by atoms with Gasteiger partial charge < -0.3 is 9.80 Å². The Bertz CT molecular complexity index is 573. The van der Waals surface area contributed by atoms with Gasteiger partial charge in [0.15, 0.2) is 0 Å². The van der Waals surface area contributed by atoms with E-state index in [2.05, 4.69) is 0 Å². The van der Waals surface area contributed by atoms with Crippen LogP contribution in [0.15, 0.2) is 24.3 Å². The molecule has 2 aliphatic heterocycles. The molecule has 4 nitrogen and oxygen atoms in total. The molecule has 1 aromatic carbocycles. The monoisotopic (exact) mass is 320 g/mol. The van der Waals surface area contributed by atoms with Crippen molar-refractivity contribution in [2.45, 2.75) is 31.7 Å². The number of carbonyl (C=O) groups excluding carboxylic acids is 2. The summed E-state index contributed by atoms with van der Waals surface area (Å²) < 4.78 is 0. The van der Waals surface area contributed by atoms with Crippen LogP contribution in [0.3, 0.4) is 0 Å². The summed E-state index contributed by atoms with van der Waals surface area (Å²) in [5.74, 6) is 0.0577. The zero-order valence-electron chi connectivity index (χ0n) is 12.8. The lowest BCUT2D eigenvalue weighted by molar-refractivity contribution is -0.145. The highest BCUT2D eigenvalue weighted by atomic mass is 35.5. The van der Waals surface area contributed by atoms with Gasteiger partial charge in [-0.2, -0.15) is 0 Å². The molecule has 2 saturated heterocycles. The number of nitrogens with zero attached hydrogens (tertiary/aromatic N) is 2. The Labute approximate surface area is 136 Å². The predicted octanol–water partition coefficient (Wildman–Crippen LogP) is 2.87. The van der Waals surface area contributed by atoms with E-state index < -0.39 is 0 Å². The highest BCUT2D eigenvalue weighted by Gasteiger charge is 2.36. The molecule has 2 amide bonds. The lowest BCUT2D eigenvalue weighted by Gasteiger charge is -2.33. The molecule has 0 saturated carbocycles. The molecule has 0 bridgehead atoms. The van der Waals surface area contributed by atoms with Gasteiger partial charge in [-0.15, -0.1) is 0 Å². The molecule has 2 atom stereocenters. The summed E-state index contributed by atoms with van der Waals surface area (Å²) in [5, 5.41) is 0.709. The van der Waals surface area contributed by atoms with Gasteiger partial charge in [-0.3, -0.25) is 9.59 Å². The van der Waals surface area contributed by atoms with E-state index in [4.69, 9.17) is 11.6 Å². The van der Waals surface area contributed by atoms with Crippen LogP contribution in [-0.4, -0.2) is 41.8 Å². The lowest BCUT2D eigenvalue weighted by Crippen LogP contribution is -2.43. The minimum Gasteiger partial charge on any atom is -0.346 e. The zero-order chi connectivity index (χ0) is 15.7. The maximum absolute atomic E-state index is 12.8. The molecule has 2 fully saturated rings. The Morgan fingerprint density at radius 1 is 1.18 bits per heavy atom. The molecular weight excluding hydrogens is 300 g/mol. The average Bonchev–Trinajstić information content (AvgIpc) is 2.99. The van der Waals surface area contributed by atoms with E-state index in [-0.39, 0.29) is 23.8 Å². The number of hydrogen-bond donors (Lipinski definition) is 0. The van der Waals surface area contributed by atoms with Gasteiger partial charge in [0.05, 0.1) is 6.04 Å². The van der Waals surface area contributed by atoms with Crippen LogP contribution in [-0.2, 0) is 9.59 Å². The van der Waals surface area contributed by atoms with Crippen LogP contribution in [0, 0.1) is 5.92 Å². The van der Waals surface area contributed by atoms with Gasteiger partial charge in [0.25, 0.3) is 0 Å². The first-order valence-electron chi connectivity index (χ1n) is 7.86. The van der Waals surface area contributed by atoms with Gasteiger partial charge in [0.2, 0.25) is 11.8 Å². The highest BCUT2D eigenvalue weighted by molar-refractivity contribution is 6.30. The quantitative estimate of drug-likeness (QED) is 0.840. The van der Waals surface area contributed by atoms with Crippen molar-refractivity contribution in [3.63, 3.8) is 0 Å². The molecule has 3 rings (SSSR count). The number of carbonyl (C=O) groups is 2. The third kappa shape index (κ3) is 2.98. The van der Waals surface area contributed by atoms with E-state index in [0.717, 1.165) is 31.4 Å². The number of piperidine rings is 1. The topological polar surface area (TPSA) is 40.6 Å². The fourth-order valence-corrected chi connectivity index (χ4v) is 3.58. The summed E-state index contributed by atoms with van der Waals surface area (Å²) in [5.41, 5.74) is 1.13. The average molecular weight is 321 g/mol. The lowest BCUT2D eigenvalue weighted by atomic mass is 9.94. The number of likely N-dealkylation sites (tertiary alicyclic amines) is 2. The van der Waals surface area contributed by atoms with Gasteiger partial charge in [-0.05, 0) is 37.0 Å². The van der Waals surface area contributed by atoms with Crippen LogP contribution in [0.4, 0.5) is 0 Å². The van der Waals surface area contributed by atoms with Gasteiger partial charge in [-0.25, -0.2) is 0 Å². The number of amides is 2. The van der Waals surface area contributed by atoms with Crippen LogP contribution in [0.5, 0.6) is 0 Å². The second-order valence-corrected chi connectivity index (χ2v) is 6.68. The summed E-state index contributed by atoms with van der Waals surface area (Å²) in [6.45, 7) is 1.46. The summed E-state index contributed by atoms with van der Waals surface area (Å²) >= 11 is 5.95. The standard InChI is InChI=1S/C17H21ClN2O2/c1-19-10-8-13(11-16(19)21)17(22)20-9-2-3-15(20)12-4-6-14(18)7-5-12/h4-7,13,15H,2-3,8-11H2,1H3/t13-,15+/m0/s1. The molecule has 2 heterocycles. The SMILES string of the molecule is CN1CC[C@H](C(=O)N2CCC[C@@H]2c2ccc(Cl)cc2)CC1=O. The first-order chi connectivity index (χ1) is 10.6. The summed E-state index contributed by atoms with van der Waals surface area (Å²) in [7, 11) is 1.80. The zero-order valence-corrected chi connectivity index (χ0v) is 13.6. The number of halogens is 1. The highest BCUT2D eigenvalue weighted by Crippen LogP contribution is 2.35. The fourth-order valence-electron chi connectivity index (χ4n) is 3.45. The molecule has 1 aromatic rings. The Hall–Kier alpha value is -1.55. The van der Waals surface area contributed by atoms with Crippen molar-refractivity contribution in [3.8, 4) is 0 Å². The summed E-state index contributed by atoms with van der Waals surface area (Å²) in [4.78, 5) is 28.4. The van der Waals surface area contributed by atoms with Crippen molar-refractivity contribution in [3.05, 3.63) is 34.9 Å². The van der Waals surface area contributed by atoms with Crippen LogP contribution < -0.4 is 0 Å². The maximum atomic E-state index is 12.8. The van der Waals surface area contributed by atoms with E-state index in [9.17, 15) is 9.59 Å². The second kappa shape index (κ2) is 6.29. The normalized spacial score (nSPS) is 25.6. The molecule has 0 aliphatic carbocycles. The van der Waals surface area contributed by atoms with Crippen LogP contribution >= 0.6 is 11.6 Å². The van der Waals surface area contributed by atoms with E-state index in [1.807, 2.05) is 29.2 Å². The van der Waals surface area contributed by atoms with Crippen molar-refractivity contribution >= 4 is 23.4 Å². The van der Waals surface area contributed by atoms with Crippen molar-refractivity contribution < 1.29 is 9.59 Å². The summed E-state index contributed by atoms with van der Waals surface area (Å²) in [6.07, 6.45) is 3.11. The third-order valence-corrected chi connectivity index (χ3v) is 5.05. The smallest absolute Gasteiger partial charge is 0.226 e. The first-order valence-corrected chi connectivity index (χ1v) is 8.24. The third-order valence-electron chi connectivity index (χ3n) is 4.80. The van der Waals surface area contributed by atoms with Gasteiger partial charge in [0, 0.05) is 37.5 Å². The molecule has 118 valence electrons. The first kappa shape index (κ1) is 15.3. The van der Waals surface area contributed by atoms with E-state index in [1.54, 1.807) is 11.9 Å². The van der Waals surface area contributed by atoms with Crippen molar-refractivity contribution in [2.75, 3.05) is 20.1 Å². The Kier molecular flexibility index (Phi) is 4.39. The Balaban J connectivity index is 1.74. The van der Waals surface area contributed by atoms with Gasteiger partial charge >= 0.3 is 0 Å². The van der Waals surface area contributed by atoms with Gasteiger partial charge in [0.1, 0.15) is 0 Å². The molecule has 5 heteroatoms. The molecule has 0 unspecified atom stereocenters. The number of hydrogen-bond acceptors (Lipinski definition) is 2. The molecular formula is C17H21ClN2O2. The van der Waals surface area contributed by atoms with Crippen LogP contribution in [0.1, 0.15) is 37.3 Å². The largest absolute Gasteiger partial charge is 0.346 e. The predicted molar refractivity (Wildman–Crippen MR) is 85.5 cm³/mol. The molecule has 0 radical (unpaired) electrons. The summed E-state index contributed by atoms with van der Waals surface area (Å²) in [6, 6.07) is 7.87. The maximum Gasteiger partial charge on any atom is 0.226 e. The minimum absolute atomic E-state index is 0.0758. The van der Waals surface area contributed by atoms with Crippen LogP contribution in [0.25, 0.3) is 0 Å². The second-order valence-electron chi connectivity index (χ2n) is 6.25. The molecule has 0 spiro atoms.